The Kier molecular flexibility index (Phi) is 3.98. The molecule has 2 aromatic heterocycles. The van der Waals surface area contributed by atoms with Gasteiger partial charge < -0.3 is 9.72 Å². The quantitative estimate of drug-likeness (QED) is 0.908. The molecule has 1 amide bonds. The number of aromatic amines is 1. The number of H-pyrrole nitrogens is 1. The lowest BCUT2D eigenvalue weighted by atomic mass is 9.93. The SMILES string of the molecule is COc1cc[nH]c(=O)c1C(=O)Nc1nc2c(s1)CC(C)CC2. The summed E-state index contributed by atoms with van der Waals surface area (Å²) in [6.07, 6.45) is 4.51. The minimum Gasteiger partial charge on any atom is -0.496 e. The Morgan fingerprint density at radius 1 is 1.55 bits per heavy atom. The fourth-order valence-corrected chi connectivity index (χ4v) is 3.76. The van der Waals surface area contributed by atoms with Crippen LogP contribution in [0.15, 0.2) is 17.1 Å². The average Bonchev–Trinajstić information content (AvgIpc) is 2.87. The van der Waals surface area contributed by atoms with Gasteiger partial charge in [-0.15, -0.1) is 11.3 Å². The number of fused-ring (bicyclic) bond motifs is 1. The standard InChI is InChI=1S/C15H17N3O3S/c1-8-3-4-9-11(7-8)22-15(17-9)18-14(20)12-10(21-2)5-6-16-13(12)19/h5-6,8H,3-4,7H2,1-2H3,(H,16,19)(H,17,18,20). The summed E-state index contributed by atoms with van der Waals surface area (Å²) in [6, 6.07) is 1.55. The maximum absolute atomic E-state index is 12.3. The molecule has 3 rings (SSSR count). The number of thiazole rings is 1. The summed E-state index contributed by atoms with van der Waals surface area (Å²) in [5, 5.41) is 3.25. The van der Waals surface area contributed by atoms with Crippen LogP contribution in [0.3, 0.4) is 0 Å². The Balaban J connectivity index is 1.85. The van der Waals surface area contributed by atoms with Gasteiger partial charge in [-0.25, -0.2) is 4.98 Å². The van der Waals surface area contributed by atoms with Crippen LogP contribution in [0, 0.1) is 5.92 Å². The first-order valence-corrected chi connectivity index (χ1v) is 7.95. The number of amides is 1. The number of nitrogens with one attached hydrogen (secondary N) is 2. The van der Waals surface area contributed by atoms with Crippen molar-refractivity contribution in [3.8, 4) is 5.75 Å². The molecule has 0 aromatic carbocycles. The van der Waals surface area contributed by atoms with Gasteiger partial charge in [0.05, 0.1) is 12.8 Å². The minimum atomic E-state index is -0.502. The van der Waals surface area contributed by atoms with Crippen molar-refractivity contribution >= 4 is 22.4 Å². The summed E-state index contributed by atoms with van der Waals surface area (Å²) in [6.45, 7) is 2.22. The first-order chi connectivity index (χ1) is 10.6. The van der Waals surface area contributed by atoms with Crippen molar-refractivity contribution in [3.63, 3.8) is 0 Å². The van der Waals surface area contributed by atoms with E-state index in [-0.39, 0.29) is 11.3 Å². The van der Waals surface area contributed by atoms with Crippen molar-refractivity contribution in [3.05, 3.63) is 38.8 Å². The third-order valence-corrected chi connectivity index (χ3v) is 4.81. The molecule has 0 radical (unpaired) electrons. The molecule has 0 bridgehead atoms. The summed E-state index contributed by atoms with van der Waals surface area (Å²) < 4.78 is 5.08. The van der Waals surface area contributed by atoms with E-state index in [9.17, 15) is 9.59 Å². The molecule has 1 atom stereocenters. The summed E-state index contributed by atoms with van der Waals surface area (Å²) in [7, 11) is 1.43. The number of pyridine rings is 1. The van der Waals surface area contributed by atoms with Gasteiger partial charge in [-0.2, -0.15) is 0 Å². The second-order valence-corrected chi connectivity index (χ2v) is 6.52. The molecule has 0 fully saturated rings. The Bertz CT molecular complexity index is 766. The topological polar surface area (TPSA) is 84.1 Å². The predicted molar refractivity (Wildman–Crippen MR) is 84.9 cm³/mol. The van der Waals surface area contributed by atoms with Crippen LogP contribution in [0.4, 0.5) is 5.13 Å². The molecular formula is C15H17N3O3S. The van der Waals surface area contributed by atoms with Crippen LogP contribution in [0.5, 0.6) is 5.75 Å². The zero-order chi connectivity index (χ0) is 15.7. The molecule has 116 valence electrons. The van der Waals surface area contributed by atoms with Crippen LogP contribution in [0.25, 0.3) is 0 Å². The van der Waals surface area contributed by atoms with Gasteiger partial charge in [0.1, 0.15) is 11.3 Å². The number of aromatic nitrogens is 2. The summed E-state index contributed by atoms with van der Waals surface area (Å²) in [4.78, 5) is 32.4. The number of hydrogen-bond donors (Lipinski definition) is 2. The fraction of sp³-hybridized carbons (Fsp3) is 0.400. The van der Waals surface area contributed by atoms with Gasteiger partial charge in [0.2, 0.25) is 0 Å². The monoisotopic (exact) mass is 319 g/mol. The lowest BCUT2D eigenvalue weighted by molar-refractivity contribution is 0.102. The van der Waals surface area contributed by atoms with E-state index >= 15 is 0 Å². The lowest BCUT2D eigenvalue weighted by Gasteiger charge is -2.15. The maximum Gasteiger partial charge on any atom is 0.266 e. The van der Waals surface area contributed by atoms with Gasteiger partial charge in [-0.3, -0.25) is 14.9 Å². The van der Waals surface area contributed by atoms with E-state index in [4.69, 9.17) is 4.74 Å². The molecule has 7 heteroatoms. The zero-order valence-corrected chi connectivity index (χ0v) is 13.3. The van der Waals surface area contributed by atoms with Crippen molar-refractivity contribution in [1.82, 2.24) is 9.97 Å². The molecule has 1 unspecified atom stereocenters. The van der Waals surface area contributed by atoms with Crippen LogP contribution in [-0.2, 0) is 12.8 Å². The Morgan fingerprint density at radius 2 is 2.36 bits per heavy atom. The van der Waals surface area contributed by atoms with E-state index in [0.717, 1.165) is 25.0 Å². The lowest BCUT2D eigenvalue weighted by Crippen LogP contribution is -2.23. The highest BCUT2D eigenvalue weighted by Gasteiger charge is 2.22. The molecule has 2 N–H and O–H groups in total. The third kappa shape index (κ3) is 2.76. The van der Waals surface area contributed by atoms with E-state index in [1.54, 1.807) is 6.07 Å². The van der Waals surface area contributed by atoms with Crippen LogP contribution < -0.4 is 15.6 Å². The highest BCUT2D eigenvalue weighted by molar-refractivity contribution is 7.15. The van der Waals surface area contributed by atoms with Crippen molar-refractivity contribution in [2.75, 3.05) is 12.4 Å². The molecule has 6 nitrogen and oxygen atoms in total. The number of carbonyl (C=O) groups is 1. The molecule has 22 heavy (non-hydrogen) atoms. The van der Waals surface area contributed by atoms with E-state index in [1.165, 1.54) is 29.5 Å². The third-order valence-electron chi connectivity index (χ3n) is 3.78. The van der Waals surface area contributed by atoms with Gasteiger partial charge in [-0.05, 0) is 31.2 Å². The van der Waals surface area contributed by atoms with Crippen LogP contribution in [-0.4, -0.2) is 23.0 Å². The predicted octanol–water partition coefficient (Wildman–Crippen LogP) is 2.22. The van der Waals surface area contributed by atoms with Gasteiger partial charge in [0, 0.05) is 11.1 Å². The van der Waals surface area contributed by atoms with Gasteiger partial charge >= 0.3 is 0 Å². The Hall–Kier alpha value is -2.15. The minimum absolute atomic E-state index is 0.0356. The zero-order valence-electron chi connectivity index (χ0n) is 12.4. The number of nitrogens with zero attached hydrogens (tertiary/aromatic N) is 1. The number of aryl methyl sites for hydroxylation is 1. The highest BCUT2D eigenvalue weighted by atomic mass is 32.1. The number of anilines is 1. The summed E-state index contributed by atoms with van der Waals surface area (Å²) in [5.74, 6) is 0.391. The summed E-state index contributed by atoms with van der Waals surface area (Å²) >= 11 is 1.49. The number of rotatable bonds is 3. The maximum atomic E-state index is 12.3. The molecule has 1 aliphatic rings. The van der Waals surface area contributed by atoms with E-state index in [0.29, 0.717) is 11.0 Å². The largest absolute Gasteiger partial charge is 0.496 e. The molecule has 0 saturated carbocycles. The Morgan fingerprint density at radius 3 is 3.14 bits per heavy atom. The van der Waals surface area contributed by atoms with Gasteiger partial charge in [0.25, 0.3) is 11.5 Å². The normalized spacial score (nSPS) is 16.9. The van der Waals surface area contributed by atoms with Crippen molar-refractivity contribution in [2.45, 2.75) is 26.2 Å². The number of carbonyl (C=O) groups excluding carboxylic acids is 1. The van der Waals surface area contributed by atoms with E-state index < -0.39 is 11.5 Å². The smallest absolute Gasteiger partial charge is 0.266 e. The van der Waals surface area contributed by atoms with Crippen molar-refractivity contribution in [2.24, 2.45) is 5.92 Å². The number of ether oxygens (including phenoxy) is 1. The molecular weight excluding hydrogens is 302 g/mol. The van der Waals surface area contributed by atoms with Crippen LogP contribution in [0.2, 0.25) is 0 Å². The highest BCUT2D eigenvalue weighted by Crippen LogP contribution is 2.32. The molecule has 0 spiro atoms. The molecule has 1 aliphatic carbocycles. The average molecular weight is 319 g/mol. The van der Waals surface area contributed by atoms with E-state index in [2.05, 4.69) is 22.2 Å². The van der Waals surface area contributed by atoms with Crippen molar-refractivity contribution in [1.29, 1.82) is 0 Å². The van der Waals surface area contributed by atoms with Crippen LogP contribution in [0.1, 0.15) is 34.3 Å². The first kappa shape index (κ1) is 14.8. The number of methoxy groups -OCH3 is 1. The first-order valence-electron chi connectivity index (χ1n) is 7.14. The fourth-order valence-electron chi connectivity index (χ4n) is 2.60. The van der Waals surface area contributed by atoms with Crippen LogP contribution >= 0.6 is 11.3 Å². The molecule has 0 saturated heterocycles. The van der Waals surface area contributed by atoms with E-state index in [1.807, 2.05) is 0 Å². The molecule has 0 aliphatic heterocycles. The number of hydrogen-bond acceptors (Lipinski definition) is 5. The molecule has 2 heterocycles. The van der Waals surface area contributed by atoms with Gasteiger partial charge in [0.15, 0.2) is 5.13 Å². The van der Waals surface area contributed by atoms with Crippen molar-refractivity contribution < 1.29 is 9.53 Å². The molecule has 2 aromatic rings. The summed E-state index contributed by atoms with van der Waals surface area (Å²) in [5.41, 5.74) is 0.547. The second-order valence-electron chi connectivity index (χ2n) is 5.44. The Labute approximate surface area is 131 Å². The van der Waals surface area contributed by atoms with Gasteiger partial charge in [-0.1, -0.05) is 6.92 Å². The second kappa shape index (κ2) is 5.92.